The second kappa shape index (κ2) is 8.58. The van der Waals surface area contributed by atoms with Crippen LogP contribution in [0.4, 0.5) is 11.4 Å². The quantitative estimate of drug-likeness (QED) is 0.616. The Morgan fingerprint density at radius 3 is 2.61 bits per heavy atom. The van der Waals surface area contributed by atoms with E-state index >= 15 is 0 Å². The van der Waals surface area contributed by atoms with Crippen molar-refractivity contribution in [2.24, 2.45) is 5.92 Å². The summed E-state index contributed by atoms with van der Waals surface area (Å²) < 4.78 is 0. The van der Waals surface area contributed by atoms with Crippen molar-refractivity contribution >= 4 is 23.2 Å². The van der Waals surface area contributed by atoms with E-state index in [1.165, 1.54) is 18.0 Å². The van der Waals surface area contributed by atoms with E-state index in [2.05, 4.69) is 12.2 Å². The predicted octanol–water partition coefficient (Wildman–Crippen LogP) is 2.82. The molecule has 1 atom stereocenters. The standard InChI is InChI=1S/C20H30N4O4/c1-14-7-6-10-23(12-14)16-9-8-15(11-17(16)24(27)28)19(26)22(5)13-18(25)21-20(2,3)4/h8-9,11,14H,6-7,10,12-13H2,1-5H3,(H,21,25). The number of rotatable bonds is 5. The minimum Gasteiger partial charge on any atom is -0.366 e. The molecule has 1 aromatic rings. The third-order valence-electron chi connectivity index (χ3n) is 4.66. The first-order valence-corrected chi connectivity index (χ1v) is 9.58. The van der Waals surface area contributed by atoms with Crippen molar-refractivity contribution in [3.63, 3.8) is 0 Å². The van der Waals surface area contributed by atoms with Crippen LogP contribution < -0.4 is 10.2 Å². The first-order chi connectivity index (χ1) is 13.0. The van der Waals surface area contributed by atoms with Gasteiger partial charge in [-0.3, -0.25) is 19.7 Å². The highest BCUT2D eigenvalue weighted by Gasteiger charge is 2.26. The summed E-state index contributed by atoms with van der Waals surface area (Å²) in [4.78, 5) is 39.2. The molecular weight excluding hydrogens is 360 g/mol. The highest BCUT2D eigenvalue weighted by atomic mass is 16.6. The lowest BCUT2D eigenvalue weighted by molar-refractivity contribution is -0.384. The lowest BCUT2D eigenvalue weighted by Crippen LogP contribution is -2.46. The number of nitrogens with one attached hydrogen (secondary N) is 1. The molecule has 0 radical (unpaired) electrons. The molecule has 1 saturated heterocycles. The fourth-order valence-corrected chi connectivity index (χ4v) is 3.44. The topological polar surface area (TPSA) is 95.8 Å². The van der Waals surface area contributed by atoms with E-state index in [-0.39, 0.29) is 23.7 Å². The van der Waals surface area contributed by atoms with Crippen LogP contribution in [-0.2, 0) is 4.79 Å². The van der Waals surface area contributed by atoms with Crippen LogP contribution in [0, 0.1) is 16.0 Å². The van der Waals surface area contributed by atoms with Gasteiger partial charge in [-0.1, -0.05) is 6.92 Å². The number of anilines is 1. The number of nitrogens with zero attached hydrogens (tertiary/aromatic N) is 3. The van der Waals surface area contributed by atoms with Crippen molar-refractivity contribution in [2.45, 2.75) is 46.1 Å². The zero-order valence-corrected chi connectivity index (χ0v) is 17.3. The Hall–Kier alpha value is -2.64. The molecule has 0 saturated carbocycles. The number of nitro groups is 1. The van der Waals surface area contributed by atoms with E-state index < -0.39 is 16.4 Å². The molecule has 2 rings (SSSR count). The van der Waals surface area contributed by atoms with Gasteiger partial charge in [0.25, 0.3) is 11.6 Å². The molecule has 8 heteroatoms. The molecule has 0 aromatic heterocycles. The average molecular weight is 390 g/mol. The number of carbonyl (C=O) groups is 2. The van der Waals surface area contributed by atoms with Crippen LogP contribution >= 0.6 is 0 Å². The Morgan fingerprint density at radius 2 is 2.04 bits per heavy atom. The number of amides is 2. The predicted molar refractivity (Wildman–Crippen MR) is 109 cm³/mol. The molecule has 8 nitrogen and oxygen atoms in total. The molecule has 1 aliphatic rings. The highest BCUT2D eigenvalue weighted by Crippen LogP contribution is 2.32. The van der Waals surface area contributed by atoms with Crippen molar-refractivity contribution in [2.75, 3.05) is 31.6 Å². The Labute approximate surface area is 166 Å². The van der Waals surface area contributed by atoms with Crippen molar-refractivity contribution in [3.8, 4) is 0 Å². The fraction of sp³-hybridized carbons (Fsp3) is 0.600. The third kappa shape index (κ3) is 5.68. The number of nitro benzene ring substituents is 1. The van der Waals surface area contributed by atoms with Crippen LogP contribution in [0.1, 0.15) is 50.9 Å². The smallest absolute Gasteiger partial charge is 0.293 e. The van der Waals surface area contributed by atoms with Gasteiger partial charge in [0.15, 0.2) is 0 Å². The first kappa shape index (κ1) is 21.7. The number of hydrogen-bond donors (Lipinski definition) is 1. The Kier molecular flexibility index (Phi) is 6.64. The maximum Gasteiger partial charge on any atom is 0.293 e. The molecule has 2 amide bonds. The normalized spacial score (nSPS) is 17.2. The van der Waals surface area contributed by atoms with E-state index in [0.29, 0.717) is 11.6 Å². The Morgan fingerprint density at radius 1 is 1.36 bits per heavy atom. The number of piperidine rings is 1. The highest BCUT2D eigenvalue weighted by molar-refractivity contribution is 5.97. The average Bonchev–Trinajstić information content (AvgIpc) is 2.58. The lowest BCUT2D eigenvalue weighted by atomic mass is 9.99. The largest absolute Gasteiger partial charge is 0.366 e. The summed E-state index contributed by atoms with van der Waals surface area (Å²) in [6.45, 7) is 9.12. The van der Waals surface area contributed by atoms with Gasteiger partial charge < -0.3 is 15.1 Å². The van der Waals surface area contributed by atoms with Gasteiger partial charge in [0, 0.05) is 37.3 Å². The summed E-state index contributed by atoms with van der Waals surface area (Å²) in [5.41, 5.74) is 0.271. The van der Waals surface area contributed by atoms with Crippen LogP contribution in [0.5, 0.6) is 0 Å². The monoisotopic (exact) mass is 390 g/mol. The lowest BCUT2D eigenvalue weighted by Gasteiger charge is -2.32. The molecule has 1 aliphatic heterocycles. The molecular formula is C20H30N4O4. The summed E-state index contributed by atoms with van der Waals surface area (Å²) >= 11 is 0. The van der Waals surface area contributed by atoms with Gasteiger partial charge in [-0.05, 0) is 51.7 Å². The third-order valence-corrected chi connectivity index (χ3v) is 4.66. The number of carbonyl (C=O) groups excluding carboxylic acids is 2. The summed E-state index contributed by atoms with van der Waals surface area (Å²) in [7, 11) is 1.51. The van der Waals surface area contributed by atoms with Gasteiger partial charge in [0.05, 0.1) is 11.5 Å². The van der Waals surface area contributed by atoms with E-state index in [1.807, 2.05) is 25.7 Å². The zero-order valence-electron chi connectivity index (χ0n) is 17.3. The summed E-state index contributed by atoms with van der Waals surface area (Å²) in [5.74, 6) is -0.232. The van der Waals surface area contributed by atoms with Crippen molar-refractivity contribution in [1.29, 1.82) is 0 Å². The molecule has 1 N–H and O–H groups in total. The molecule has 0 spiro atoms. The zero-order chi connectivity index (χ0) is 21.1. The van der Waals surface area contributed by atoms with Crippen LogP contribution in [0.15, 0.2) is 18.2 Å². The van der Waals surface area contributed by atoms with Gasteiger partial charge in [0.2, 0.25) is 5.91 Å². The maximum absolute atomic E-state index is 12.7. The Balaban J connectivity index is 2.19. The summed E-state index contributed by atoms with van der Waals surface area (Å²) in [5, 5.41) is 14.4. The van der Waals surface area contributed by atoms with Crippen LogP contribution in [0.2, 0.25) is 0 Å². The summed E-state index contributed by atoms with van der Waals surface area (Å²) in [6.07, 6.45) is 2.10. The van der Waals surface area contributed by atoms with Crippen molar-refractivity contribution in [3.05, 3.63) is 33.9 Å². The van der Waals surface area contributed by atoms with E-state index in [9.17, 15) is 19.7 Å². The molecule has 0 bridgehead atoms. The Bertz CT molecular complexity index is 757. The molecule has 1 aromatic carbocycles. The van der Waals surface area contributed by atoms with E-state index in [4.69, 9.17) is 0 Å². The van der Waals surface area contributed by atoms with Gasteiger partial charge >= 0.3 is 0 Å². The maximum atomic E-state index is 12.7. The fourth-order valence-electron chi connectivity index (χ4n) is 3.44. The first-order valence-electron chi connectivity index (χ1n) is 9.58. The number of benzene rings is 1. The number of hydrogen-bond acceptors (Lipinski definition) is 5. The molecule has 28 heavy (non-hydrogen) atoms. The van der Waals surface area contributed by atoms with E-state index in [0.717, 1.165) is 25.9 Å². The molecule has 1 heterocycles. The second-order valence-corrected chi connectivity index (χ2v) is 8.61. The van der Waals surface area contributed by atoms with Crippen LogP contribution in [0.3, 0.4) is 0 Å². The molecule has 1 unspecified atom stereocenters. The minimum absolute atomic E-state index is 0.0764. The van der Waals surface area contributed by atoms with Crippen molar-refractivity contribution in [1.82, 2.24) is 10.2 Å². The van der Waals surface area contributed by atoms with Crippen molar-refractivity contribution < 1.29 is 14.5 Å². The molecule has 0 aliphatic carbocycles. The molecule has 1 fully saturated rings. The van der Waals surface area contributed by atoms with Gasteiger partial charge in [-0.2, -0.15) is 0 Å². The minimum atomic E-state index is -0.447. The van der Waals surface area contributed by atoms with Gasteiger partial charge in [-0.15, -0.1) is 0 Å². The number of likely N-dealkylation sites (N-methyl/N-ethyl adjacent to an activating group) is 1. The second-order valence-electron chi connectivity index (χ2n) is 8.61. The van der Waals surface area contributed by atoms with Gasteiger partial charge in [0.1, 0.15) is 5.69 Å². The summed E-state index contributed by atoms with van der Waals surface area (Å²) in [6, 6.07) is 4.56. The SMILES string of the molecule is CC1CCCN(c2ccc(C(=O)N(C)CC(=O)NC(C)(C)C)cc2[N+](=O)[O-])C1. The van der Waals surface area contributed by atoms with Crippen LogP contribution in [0.25, 0.3) is 0 Å². The van der Waals surface area contributed by atoms with E-state index in [1.54, 1.807) is 12.1 Å². The van der Waals surface area contributed by atoms with Gasteiger partial charge in [-0.25, -0.2) is 0 Å². The molecule has 154 valence electrons. The van der Waals surface area contributed by atoms with Crippen LogP contribution in [-0.4, -0.2) is 53.9 Å².